The predicted molar refractivity (Wildman–Crippen MR) is 113 cm³/mol. The highest BCUT2D eigenvalue weighted by atomic mass is 32.2. The molecule has 30 heavy (non-hydrogen) atoms. The summed E-state index contributed by atoms with van der Waals surface area (Å²) in [6, 6.07) is 10.2. The van der Waals surface area contributed by atoms with Gasteiger partial charge >= 0.3 is 15.5 Å². The van der Waals surface area contributed by atoms with Crippen molar-refractivity contribution in [2.45, 2.75) is 44.5 Å². The van der Waals surface area contributed by atoms with Crippen LogP contribution in [0.4, 0.5) is 13.2 Å². The third-order valence-electron chi connectivity index (χ3n) is 5.34. The Morgan fingerprint density at radius 1 is 1.17 bits per heavy atom. The van der Waals surface area contributed by atoms with Gasteiger partial charge in [0.15, 0.2) is 5.96 Å². The van der Waals surface area contributed by atoms with Gasteiger partial charge in [0.25, 0.3) is 0 Å². The van der Waals surface area contributed by atoms with E-state index < -0.39 is 15.5 Å². The molecule has 1 aromatic carbocycles. The number of hydrogen-bond acceptors (Lipinski definition) is 3. The minimum atomic E-state index is -5.24. The molecule has 0 aromatic heterocycles. The Hall–Kier alpha value is -1.81. The number of alkyl halides is 3. The number of hydrogen-bond donors (Lipinski definition) is 2. The summed E-state index contributed by atoms with van der Waals surface area (Å²) in [5.41, 5.74) is -4.00. The summed E-state index contributed by atoms with van der Waals surface area (Å²) < 4.78 is 61.6. The van der Waals surface area contributed by atoms with Crippen molar-refractivity contribution in [3.8, 4) is 0 Å². The Bertz CT molecular complexity index is 777. The van der Waals surface area contributed by atoms with E-state index in [9.17, 15) is 21.6 Å². The zero-order valence-electron chi connectivity index (χ0n) is 17.5. The zero-order valence-corrected chi connectivity index (χ0v) is 18.3. The SMILES string of the molecule is CCNC(=NCC(CC)c1ccccc1)NCC1CCN(S(=O)(=O)C(F)(F)F)CC1. The molecule has 1 aliphatic heterocycles. The smallest absolute Gasteiger partial charge is 0.357 e. The van der Waals surface area contributed by atoms with Crippen LogP contribution >= 0.6 is 0 Å². The number of nitrogens with one attached hydrogen (secondary N) is 2. The molecule has 0 saturated carbocycles. The second-order valence-corrected chi connectivity index (χ2v) is 9.34. The molecule has 0 bridgehead atoms. The molecule has 1 aliphatic rings. The molecule has 0 radical (unpaired) electrons. The predicted octanol–water partition coefficient (Wildman–Crippen LogP) is 3.30. The standard InChI is InChI=1S/C20H31F3N4O2S/c1-3-17(18-8-6-5-7-9-18)15-26-19(24-4-2)25-14-16-10-12-27(13-11-16)30(28,29)20(21,22)23/h5-9,16-17H,3-4,10-15H2,1-2H3,(H2,24,25,26). The first-order valence-electron chi connectivity index (χ1n) is 10.3. The fourth-order valence-electron chi connectivity index (χ4n) is 3.48. The molecule has 0 spiro atoms. The van der Waals surface area contributed by atoms with Crippen LogP contribution in [0, 0.1) is 5.92 Å². The van der Waals surface area contributed by atoms with Gasteiger partial charge in [0.05, 0.1) is 0 Å². The van der Waals surface area contributed by atoms with E-state index in [-0.39, 0.29) is 19.0 Å². The molecule has 1 saturated heterocycles. The average Bonchev–Trinajstić information content (AvgIpc) is 2.72. The van der Waals surface area contributed by atoms with Gasteiger partial charge in [-0.25, -0.2) is 8.42 Å². The fourth-order valence-corrected chi connectivity index (χ4v) is 4.46. The molecule has 1 fully saturated rings. The van der Waals surface area contributed by atoms with Gasteiger partial charge in [-0.2, -0.15) is 17.5 Å². The fraction of sp³-hybridized carbons (Fsp3) is 0.650. The van der Waals surface area contributed by atoms with E-state index in [1.807, 2.05) is 25.1 Å². The topological polar surface area (TPSA) is 73.8 Å². The molecule has 0 amide bonds. The van der Waals surface area contributed by atoms with Crippen LogP contribution in [-0.2, 0) is 10.0 Å². The number of benzene rings is 1. The molecule has 1 atom stereocenters. The first-order chi connectivity index (χ1) is 14.2. The van der Waals surface area contributed by atoms with Crippen LogP contribution in [0.15, 0.2) is 35.3 Å². The zero-order chi connectivity index (χ0) is 22.2. The van der Waals surface area contributed by atoms with Crippen molar-refractivity contribution in [1.29, 1.82) is 0 Å². The number of piperidine rings is 1. The molecule has 0 aliphatic carbocycles. The van der Waals surface area contributed by atoms with E-state index in [1.165, 1.54) is 5.56 Å². The van der Waals surface area contributed by atoms with Gasteiger partial charge < -0.3 is 10.6 Å². The van der Waals surface area contributed by atoms with Crippen molar-refractivity contribution in [1.82, 2.24) is 14.9 Å². The van der Waals surface area contributed by atoms with Crippen LogP contribution in [-0.4, -0.2) is 56.9 Å². The Kier molecular flexibility index (Phi) is 8.96. The Morgan fingerprint density at radius 2 is 1.80 bits per heavy atom. The molecular formula is C20H31F3N4O2S. The summed E-state index contributed by atoms with van der Waals surface area (Å²) in [5, 5.41) is 6.44. The van der Waals surface area contributed by atoms with Gasteiger partial charge in [0.2, 0.25) is 0 Å². The lowest BCUT2D eigenvalue weighted by molar-refractivity contribution is -0.0496. The van der Waals surface area contributed by atoms with Crippen molar-refractivity contribution >= 4 is 16.0 Å². The van der Waals surface area contributed by atoms with Gasteiger partial charge in [-0.05, 0) is 37.7 Å². The molecule has 1 unspecified atom stereocenters. The van der Waals surface area contributed by atoms with Crippen LogP contribution in [0.1, 0.15) is 44.6 Å². The van der Waals surface area contributed by atoms with E-state index in [1.54, 1.807) is 0 Å². The lowest BCUT2D eigenvalue weighted by atomic mass is 9.97. The number of rotatable bonds is 8. The summed E-state index contributed by atoms with van der Waals surface area (Å²) in [4.78, 5) is 4.67. The van der Waals surface area contributed by atoms with E-state index in [2.05, 4.69) is 34.7 Å². The van der Waals surface area contributed by atoms with Crippen LogP contribution in [0.2, 0.25) is 0 Å². The monoisotopic (exact) mass is 448 g/mol. The van der Waals surface area contributed by atoms with Gasteiger partial charge in [-0.15, -0.1) is 0 Å². The van der Waals surface area contributed by atoms with E-state index in [0.717, 1.165) is 6.42 Å². The van der Waals surface area contributed by atoms with E-state index >= 15 is 0 Å². The molecule has 10 heteroatoms. The van der Waals surface area contributed by atoms with Gasteiger partial charge in [0, 0.05) is 38.6 Å². The van der Waals surface area contributed by atoms with Crippen molar-refractivity contribution in [3.63, 3.8) is 0 Å². The summed E-state index contributed by atoms with van der Waals surface area (Å²) in [6.45, 7) is 5.70. The highest BCUT2D eigenvalue weighted by molar-refractivity contribution is 7.90. The first-order valence-corrected chi connectivity index (χ1v) is 11.8. The molecule has 2 N–H and O–H groups in total. The van der Waals surface area contributed by atoms with Gasteiger partial charge in [-0.3, -0.25) is 4.99 Å². The summed E-state index contributed by atoms with van der Waals surface area (Å²) in [5.74, 6) is 1.05. The number of aliphatic imine (C=N–C) groups is 1. The highest BCUT2D eigenvalue weighted by Crippen LogP contribution is 2.30. The maximum atomic E-state index is 12.7. The number of guanidine groups is 1. The minimum Gasteiger partial charge on any atom is -0.357 e. The lowest BCUT2D eigenvalue weighted by Gasteiger charge is -2.31. The third kappa shape index (κ3) is 6.60. The number of halogens is 3. The van der Waals surface area contributed by atoms with Crippen molar-refractivity contribution in [2.24, 2.45) is 10.9 Å². The van der Waals surface area contributed by atoms with Crippen LogP contribution in [0.25, 0.3) is 0 Å². The molecule has 1 heterocycles. The van der Waals surface area contributed by atoms with E-state index in [4.69, 9.17) is 0 Å². The summed E-state index contributed by atoms with van der Waals surface area (Å²) in [6.07, 6.45) is 1.71. The average molecular weight is 449 g/mol. The molecule has 170 valence electrons. The maximum Gasteiger partial charge on any atom is 0.511 e. The first kappa shape index (κ1) is 24.5. The molecular weight excluding hydrogens is 417 g/mol. The second kappa shape index (κ2) is 11.0. The molecule has 1 aromatic rings. The summed E-state index contributed by atoms with van der Waals surface area (Å²) in [7, 11) is -5.23. The minimum absolute atomic E-state index is 0.0876. The van der Waals surface area contributed by atoms with Crippen LogP contribution in [0.5, 0.6) is 0 Å². The van der Waals surface area contributed by atoms with Crippen LogP contribution in [0.3, 0.4) is 0 Å². The van der Waals surface area contributed by atoms with E-state index in [0.29, 0.717) is 48.7 Å². The number of nitrogens with zero attached hydrogens (tertiary/aromatic N) is 2. The molecule has 2 rings (SSSR count). The third-order valence-corrected chi connectivity index (χ3v) is 6.97. The quantitative estimate of drug-likeness (QED) is 0.473. The summed E-state index contributed by atoms with van der Waals surface area (Å²) >= 11 is 0. The van der Waals surface area contributed by atoms with Crippen molar-refractivity contribution in [3.05, 3.63) is 35.9 Å². The van der Waals surface area contributed by atoms with Gasteiger partial charge in [-0.1, -0.05) is 37.3 Å². The number of sulfonamides is 1. The normalized spacial score (nSPS) is 18.2. The lowest BCUT2D eigenvalue weighted by Crippen LogP contribution is -2.47. The molecule has 6 nitrogen and oxygen atoms in total. The van der Waals surface area contributed by atoms with Crippen molar-refractivity contribution < 1.29 is 21.6 Å². The van der Waals surface area contributed by atoms with Crippen molar-refractivity contribution in [2.75, 3.05) is 32.7 Å². The van der Waals surface area contributed by atoms with Gasteiger partial charge in [0.1, 0.15) is 0 Å². The highest BCUT2D eigenvalue weighted by Gasteiger charge is 2.50. The second-order valence-electron chi connectivity index (χ2n) is 7.41. The maximum absolute atomic E-state index is 12.7. The Balaban J connectivity index is 1.89. The Labute approximate surface area is 177 Å². The van der Waals surface area contributed by atoms with Crippen LogP contribution < -0.4 is 10.6 Å². The Morgan fingerprint density at radius 3 is 2.33 bits per heavy atom. The largest absolute Gasteiger partial charge is 0.511 e.